The zero-order valence-corrected chi connectivity index (χ0v) is 10.2. The second kappa shape index (κ2) is 6.42. The fraction of sp³-hybridized carbons (Fsp3) is 0.692. The topological polar surface area (TPSA) is 63.6 Å². The van der Waals surface area contributed by atoms with Gasteiger partial charge in [-0.3, -0.25) is 9.59 Å². The zero-order chi connectivity index (χ0) is 12.8. The Balaban J connectivity index is 2.82. The number of carbonyl (C=O) groups is 2. The Labute approximate surface area is 102 Å². The lowest BCUT2D eigenvalue weighted by Gasteiger charge is -2.34. The SMILES string of the molecule is C=CC[C@H]1[C@@H](C(=O)OCC)CCC[C@H]1C(=O)O. The van der Waals surface area contributed by atoms with Gasteiger partial charge in [-0.15, -0.1) is 6.58 Å². The molecule has 96 valence electrons. The van der Waals surface area contributed by atoms with Crippen molar-refractivity contribution < 1.29 is 19.4 Å². The van der Waals surface area contributed by atoms with Gasteiger partial charge in [-0.2, -0.15) is 0 Å². The van der Waals surface area contributed by atoms with Gasteiger partial charge in [-0.25, -0.2) is 0 Å². The number of hydrogen-bond acceptors (Lipinski definition) is 3. The second-order valence-electron chi connectivity index (χ2n) is 4.42. The Morgan fingerprint density at radius 1 is 1.41 bits per heavy atom. The van der Waals surface area contributed by atoms with Crippen LogP contribution in [0.3, 0.4) is 0 Å². The van der Waals surface area contributed by atoms with Crippen LogP contribution in [-0.4, -0.2) is 23.7 Å². The summed E-state index contributed by atoms with van der Waals surface area (Å²) in [6.45, 7) is 5.75. The quantitative estimate of drug-likeness (QED) is 0.591. The molecule has 0 saturated heterocycles. The van der Waals surface area contributed by atoms with E-state index < -0.39 is 11.9 Å². The van der Waals surface area contributed by atoms with Crippen molar-refractivity contribution >= 4 is 11.9 Å². The highest BCUT2D eigenvalue weighted by Crippen LogP contribution is 2.38. The first-order chi connectivity index (χ1) is 8.11. The van der Waals surface area contributed by atoms with E-state index in [0.29, 0.717) is 19.4 Å². The van der Waals surface area contributed by atoms with Gasteiger partial charge in [0.05, 0.1) is 18.4 Å². The Kier molecular flexibility index (Phi) is 5.19. The van der Waals surface area contributed by atoms with Crippen LogP contribution < -0.4 is 0 Å². The predicted molar refractivity (Wildman–Crippen MR) is 63.4 cm³/mol. The largest absolute Gasteiger partial charge is 0.481 e. The molecule has 1 rings (SSSR count). The van der Waals surface area contributed by atoms with Crippen LogP contribution >= 0.6 is 0 Å². The lowest BCUT2D eigenvalue weighted by atomic mass is 9.70. The molecule has 3 atom stereocenters. The molecule has 4 nitrogen and oxygen atoms in total. The van der Waals surface area contributed by atoms with Crippen molar-refractivity contribution in [1.29, 1.82) is 0 Å². The van der Waals surface area contributed by atoms with Crippen LogP contribution in [0.15, 0.2) is 12.7 Å². The zero-order valence-electron chi connectivity index (χ0n) is 10.2. The van der Waals surface area contributed by atoms with Gasteiger partial charge in [0.1, 0.15) is 0 Å². The maximum Gasteiger partial charge on any atom is 0.309 e. The van der Waals surface area contributed by atoms with E-state index in [-0.39, 0.29) is 17.8 Å². The molecule has 0 aromatic rings. The van der Waals surface area contributed by atoms with E-state index in [1.165, 1.54) is 0 Å². The molecule has 0 aliphatic heterocycles. The molecule has 17 heavy (non-hydrogen) atoms. The van der Waals surface area contributed by atoms with Crippen LogP contribution in [0.5, 0.6) is 0 Å². The molecule has 1 fully saturated rings. The lowest BCUT2D eigenvalue weighted by molar-refractivity contribution is -0.156. The Hall–Kier alpha value is -1.32. The molecule has 0 spiro atoms. The van der Waals surface area contributed by atoms with Gasteiger partial charge in [0.25, 0.3) is 0 Å². The molecule has 0 heterocycles. The number of aliphatic carboxylic acids is 1. The van der Waals surface area contributed by atoms with Crippen molar-refractivity contribution in [2.24, 2.45) is 17.8 Å². The van der Waals surface area contributed by atoms with Crippen molar-refractivity contribution in [3.8, 4) is 0 Å². The standard InChI is InChI=1S/C13H20O4/c1-3-6-9-10(12(14)15)7-5-8-11(9)13(16)17-4-2/h3,9-11H,1,4-8H2,2H3,(H,14,15)/t9-,10-,11+/m1/s1. The van der Waals surface area contributed by atoms with Crippen LogP contribution in [0, 0.1) is 17.8 Å². The normalized spacial score (nSPS) is 28.4. The van der Waals surface area contributed by atoms with Crippen molar-refractivity contribution in [2.75, 3.05) is 6.61 Å². The molecule has 1 saturated carbocycles. The van der Waals surface area contributed by atoms with Crippen molar-refractivity contribution in [1.82, 2.24) is 0 Å². The van der Waals surface area contributed by atoms with Gasteiger partial charge in [0.15, 0.2) is 0 Å². The lowest BCUT2D eigenvalue weighted by Crippen LogP contribution is -2.37. The molecule has 1 aliphatic rings. The third kappa shape index (κ3) is 3.32. The van der Waals surface area contributed by atoms with E-state index in [0.717, 1.165) is 12.8 Å². The molecule has 0 aromatic carbocycles. The number of carboxylic acids is 1. The third-order valence-electron chi connectivity index (χ3n) is 3.41. The summed E-state index contributed by atoms with van der Waals surface area (Å²) >= 11 is 0. The highest BCUT2D eigenvalue weighted by molar-refractivity contribution is 5.76. The number of hydrogen-bond donors (Lipinski definition) is 1. The first-order valence-electron chi connectivity index (χ1n) is 6.12. The molecule has 1 aliphatic carbocycles. The maximum atomic E-state index is 11.8. The van der Waals surface area contributed by atoms with Crippen LogP contribution in [-0.2, 0) is 14.3 Å². The molecule has 0 aromatic heterocycles. The molecule has 0 radical (unpaired) electrons. The summed E-state index contributed by atoms with van der Waals surface area (Å²) in [5, 5.41) is 9.18. The number of carbonyl (C=O) groups excluding carboxylic acids is 1. The van der Waals surface area contributed by atoms with E-state index >= 15 is 0 Å². The first-order valence-corrected chi connectivity index (χ1v) is 6.12. The van der Waals surface area contributed by atoms with Gasteiger partial charge in [-0.1, -0.05) is 12.5 Å². The second-order valence-corrected chi connectivity index (χ2v) is 4.42. The summed E-state index contributed by atoms with van der Waals surface area (Å²) in [7, 11) is 0. The summed E-state index contributed by atoms with van der Waals surface area (Å²) in [6.07, 6.45) is 4.39. The maximum absolute atomic E-state index is 11.8. The first kappa shape index (κ1) is 13.7. The molecule has 0 unspecified atom stereocenters. The summed E-state index contributed by atoms with van der Waals surface area (Å²) in [6, 6.07) is 0. The van der Waals surface area contributed by atoms with Crippen molar-refractivity contribution in [3.63, 3.8) is 0 Å². The van der Waals surface area contributed by atoms with Crippen LogP contribution in [0.4, 0.5) is 0 Å². The van der Waals surface area contributed by atoms with Gasteiger partial charge in [-0.05, 0) is 32.1 Å². The van der Waals surface area contributed by atoms with E-state index in [4.69, 9.17) is 4.74 Å². The van der Waals surface area contributed by atoms with E-state index in [1.807, 2.05) is 0 Å². The summed E-state index contributed by atoms with van der Waals surface area (Å²) in [4.78, 5) is 23.0. The third-order valence-corrected chi connectivity index (χ3v) is 3.41. The number of rotatable bonds is 5. The number of allylic oxidation sites excluding steroid dienone is 1. The summed E-state index contributed by atoms with van der Waals surface area (Å²) in [5.41, 5.74) is 0. The highest BCUT2D eigenvalue weighted by atomic mass is 16.5. The van der Waals surface area contributed by atoms with E-state index in [9.17, 15) is 14.7 Å². The average Bonchev–Trinajstić information content (AvgIpc) is 2.29. The van der Waals surface area contributed by atoms with Gasteiger partial charge in [0.2, 0.25) is 0 Å². The monoisotopic (exact) mass is 240 g/mol. The van der Waals surface area contributed by atoms with Gasteiger partial charge >= 0.3 is 11.9 Å². The molecule has 1 N–H and O–H groups in total. The minimum atomic E-state index is -0.814. The highest BCUT2D eigenvalue weighted by Gasteiger charge is 2.40. The van der Waals surface area contributed by atoms with Crippen molar-refractivity contribution in [3.05, 3.63) is 12.7 Å². The van der Waals surface area contributed by atoms with Crippen molar-refractivity contribution in [2.45, 2.75) is 32.6 Å². The fourth-order valence-corrected chi connectivity index (χ4v) is 2.64. The average molecular weight is 240 g/mol. The minimum absolute atomic E-state index is 0.169. The van der Waals surface area contributed by atoms with Gasteiger partial charge in [0, 0.05) is 0 Å². The number of esters is 1. The van der Waals surface area contributed by atoms with Crippen LogP contribution in [0.2, 0.25) is 0 Å². The smallest absolute Gasteiger partial charge is 0.309 e. The van der Waals surface area contributed by atoms with E-state index in [2.05, 4.69) is 6.58 Å². The molecular formula is C13H20O4. The molecule has 0 bridgehead atoms. The fourth-order valence-electron chi connectivity index (χ4n) is 2.64. The molecule has 0 amide bonds. The van der Waals surface area contributed by atoms with Crippen LogP contribution in [0.1, 0.15) is 32.6 Å². The summed E-state index contributed by atoms with van der Waals surface area (Å²) < 4.78 is 5.02. The van der Waals surface area contributed by atoms with E-state index in [1.54, 1.807) is 13.0 Å². The number of ether oxygens (including phenoxy) is 1. The Morgan fingerprint density at radius 3 is 2.59 bits per heavy atom. The summed E-state index contributed by atoms with van der Waals surface area (Å²) in [5.74, 6) is -1.98. The molecular weight excluding hydrogens is 220 g/mol. The predicted octanol–water partition coefficient (Wildman–Crippen LogP) is 2.24. The Bertz CT molecular complexity index is 298. The van der Waals surface area contributed by atoms with Crippen LogP contribution in [0.25, 0.3) is 0 Å². The Morgan fingerprint density at radius 2 is 2.06 bits per heavy atom. The number of carboxylic acid groups (broad SMARTS) is 1. The molecule has 4 heteroatoms. The minimum Gasteiger partial charge on any atom is -0.481 e. The van der Waals surface area contributed by atoms with Gasteiger partial charge < -0.3 is 9.84 Å².